The van der Waals surface area contributed by atoms with Crippen molar-refractivity contribution in [2.45, 2.75) is 26.2 Å². The third kappa shape index (κ3) is 3.64. The zero-order chi connectivity index (χ0) is 13.8. The maximum atomic E-state index is 13.4. The molecule has 0 bridgehead atoms. The number of hydrogen-bond donors (Lipinski definition) is 1. The predicted octanol–water partition coefficient (Wildman–Crippen LogP) is 5.30. The fourth-order valence-electron chi connectivity index (χ4n) is 2.49. The second kappa shape index (κ2) is 7.15. The van der Waals surface area contributed by atoms with Gasteiger partial charge in [-0.15, -0.1) is 0 Å². The fourth-order valence-corrected chi connectivity index (χ4v) is 2.49. The monoisotopic (exact) mass is 277 g/mol. The summed E-state index contributed by atoms with van der Waals surface area (Å²) in [5.41, 5.74) is 1.81. The summed E-state index contributed by atoms with van der Waals surface area (Å²) >= 11 is 0. The lowest BCUT2D eigenvalue weighted by molar-refractivity contribution is 0.491. The van der Waals surface area contributed by atoms with Crippen LogP contribution >= 0.6 is 0 Å². The van der Waals surface area contributed by atoms with Gasteiger partial charge in [0.2, 0.25) is 0 Å². The normalized spacial score (nSPS) is 12.1. The first-order valence-electron chi connectivity index (χ1n) is 6.62. The first-order chi connectivity index (χ1) is 9.11. The van der Waals surface area contributed by atoms with E-state index in [9.17, 15) is 8.78 Å². The van der Waals surface area contributed by atoms with Crippen molar-refractivity contribution >= 4 is 0 Å². The second-order valence-corrected chi connectivity index (χ2v) is 4.97. The van der Waals surface area contributed by atoms with Crippen LogP contribution in [0.4, 0.5) is 8.78 Å². The zero-order valence-corrected chi connectivity index (χ0v) is 11.9. The van der Waals surface area contributed by atoms with Gasteiger partial charge in [-0.05, 0) is 41.3 Å². The summed E-state index contributed by atoms with van der Waals surface area (Å²) in [4.78, 5) is 0. The Labute approximate surface area is 119 Å². The van der Waals surface area contributed by atoms with Gasteiger partial charge in [-0.25, -0.2) is 8.78 Å². The molecule has 2 aromatic rings. The number of halogens is 2. The van der Waals surface area contributed by atoms with Crippen molar-refractivity contribution in [3.8, 4) is 0 Å². The van der Waals surface area contributed by atoms with E-state index < -0.39 is 0 Å². The van der Waals surface area contributed by atoms with Crippen LogP contribution < -0.4 is 6.15 Å². The minimum absolute atomic E-state index is 0. The topological polar surface area (TPSA) is 35.0 Å². The molecule has 0 spiro atoms. The molecule has 0 saturated heterocycles. The maximum absolute atomic E-state index is 13.4. The highest BCUT2D eigenvalue weighted by Crippen LogP contribution is 2.34. The van der Waals surface area contributed by atoms with Gasteiger partial charge in [-0.1, -0.05) is 44.5 Å². The largest absolute Gasteiger partial charge is 0.344 e. The van der Waals surface area contributed by atoms with E-state index in [1.54, 1.807) is 24.3 Å². The zero-order valence-electron chi connectivity index (χ0n) is 11.9. The lowest BCUT2D eigenvalue weighted by atomic mass is 9.80. The summed E-state index contributed by atoms with van der Waals surface area (Å²) in [5.74, 6) is -0.149. The molecule has 0 aliphatic carbocycles. The molecular formula is C17H21F2N. The first kappa shape index (κ1) is 16.3. The molecule has 0 amide bonds. The molecule has 20 heavy (non-hydrogen) atoms. The predicted molar refractivity (Wildman–Crippen MR) is 79.1 cm³/mol. The van der Waals surface area contributed by atoms with Crippen molar-refractivity contribution < 1.29 is 8.78 Å². The van der Waals surface area contributed by atoms with Crippen LogP contribution in [0.3, 0.4) is 0 Å². The van der Waals surface area contributed by atoms with Gasteiger partial charge in [0.25, 0.3) is 0 Å². The van der Waals surface area contributed by atoms with Gasteiger partial charge in [0, 0.05) is 5.92 Å². The van der Waals surface area contributed by atoms with Gasteiger partial charge >= 0.3 is 0 Å². The molecule has 2 rings (SSSR count). The molecule has 1 unspecified atom stereocenters. The molecule has 0 aliphatic heterocycles. The van der Waals surface area contributed by atoms with Crippen LogP contribution in [0.5, 0.6) is 0 Å². The van der Waals surface area contributed by atoms with Crippen LogP contribution in [0.2, 0.25) is 0 Å². The lowest BCUT2D eigenvalue weighted by Crippen LogP contribution is -2.11. The number of benzene rings is 2. The van der Waals surface area contributed by atoms with E-state index in [2.05, 4.69) is 13.8 Å². The fraction of sp³-hybridized carbons (Fsp3) is 0.294. The molecule has 0 saturated carbocycles. The summed E-state index contributed by atoms with van der Waals surface area (Å²) in [6.07, 6.45) is 0.956. The Balaban J connectivity index is 0.00000200. The Morgan fingerprint density at radius 2 is 1.35 bits per heavy atom. The molecule has 1 nitrogen and oxygen atoms in total. The molecule has 0 fully saturated rings. The van der Waals surface area contributed by atoms with Crippen molar-refractivity contribution in [2.75, 3.05) is 0 Å². The molecule has 0 radical (unpaired) electrons. The van der Waals surface area contributed by atoms with Crippen molar-refractivity contribution in [1.82, 2.24) is 6.15 Å². The van der Waals surface area contributed by atoms with Crippen LogP contribution in [-0.4, -0.2) is 0 Å². The SMILES string of the molecule is CCC(C)C(c1cccc(F)c1)c1cccc(F)c1.N. The molecule has 3 N–H and O–H groups in total. The van der Waals surface area contributed by atoms with E-state index >= 15 is 0 Å². The van der Waals surface area contributed by atoms with Crippen LogP contribution in [0.1, 0.15) is 37.3 Å². The van der Waals surface area contributed by atoms with Gasteiger partial charge in [-0.3, -0.25) is 0 Å². The Hall–Kier alpha value is -1.74. The third-order valence-corrected chi connectivity index (χ3v) is 3.63. The van der Waals surface area contributed by atoms with E-state index in [1.165, 1.54) is 12.1 Å². The van der Waals surface area contributed by atoms with Crippen molar-refractivity contribution in [3.63, 3.8) is 0 Å². The summed E-state index contributed by atoms with van der Waals surface area (Å²) in [5, 5.41) is 0. The van der Waals surface area contributed by atoms with Crippen molar-refractivity contribution in [3.05, 3.63) is 71.3 Å². The van der Waals surface area contributed by atoms with Gasteiger partial charge in [0.05, 0.1) is 0 Å². The van der Waals surface area contributed by atoms with E-state index in [1.807, 2.05) is 12.1 Å². The van der Waals surface area contributed by atoms with Crippen LogP contribution in [0.25, 0.3) is 0 Å². The van der Waals surface area contributed by atoms with E-state index in [4.69, 9.17) is 0 Å². The van der Waals surface area contributed by atoms with Gasteiger partial charge in [0.15, 0.2) is 0 Å². The Bertz CT molecular complexity index is 509. The molecule has 0 aromatic heterocycles. The standard InChI is InChI=1S/C17H18F2.H3N/c1-3-12(2)17(13-6-4-8-15(18)10-13)14-7-5-9-16(19)11-14;/h4-12,17H,3H2,1-2H3;1H3. The highest BCUT2D eigenvalue weighted by Gasteiger charge is 2.20. The van der Waals surface area contributed by atoms with Gasteiger partial charge in [-0.2, -0.15) is 0 Å². The highest BCUT2D eigenvalue weighted by atomic mass is 19.1. The Morgan fingerprint density at radius 1 is 0.900 bits per heavy atom. The minimum atomic E-state index is -0.248. The highest BCUT2D eigenvalue weighted by molar-refractivity contribution is 5.33. The average Bonchev–Trinajstić information content (AvgIpc) is 2.39. The van der Waals surface area contributed by atoms with Crippen molar-refractivity contribution in [1.29, 1.82) is 0 Å². The quantitative estimate of drug-likeness (QED) is 0.808. The molecule has 1 atom stereocenters. The lowest BCUT2D eigenvalue weighted by Gasteiger charge is -2.24. The molecule has 0 heterocycles. The molecule has 3 heteroatoms. The number of rotatable bonds is 4. The summed E-state index contributed by atoms with van der Waals surface area (Å²) in [6.45, 7) is 4.21. The van der Waals surface area contributed by atoms with Crippen LogP contribution in [0.15, 0.2) is 48.5 Å². The summed E-state index contributed by atoms with van der Waals surface area (Å²) in [6, 6.07) is 13.2. The molecule has 0 aliphatic rings. The van der Waals surface area contributed by atoms with Crippen LogP contribution in [-0.2, 0) is 0 Å². The van der Waals surface area contributed by atoms with Gasteiger partial charge < -0.3 is 6.15 Å². The molecular weight excluding hydrogens is 256 g/mol. The Kier molecular flexibility index (Phi) is 5.83. The molecule has 108 valence electrons. The summed E-state index contributed by atoms with van der Waals surface area (Å²) < 4.78 is 26.8. The number of hydrogen-bond acceptors (Lipinski definition) is 1. The third-order valence-electron chi connectivity index (χ3n) is 3.63. The molecule has 2 aromatic carbocycles. The smallest absolute Gasteiger partial charge is 0.123 e. The first-order valence-corrected chi connectivity index (χ1v) is 6.62. The van der Waals surface area contributed by atoms with E-state index in [0.29, 0.717) is 5.92 Å². The van der Waals surface area contributed by atoms with Crippen molar-refractivity contribution in [2.24, 2.45) is 5.92 Å². The van der Waals surface area contributed by atoms with Crippen LogP contribution in [0, 0.1) is 17.6 Å². The minimum Gasteiger partial charge on any atom is -0.344 e. The van der Waals surface area contributed by atoms with E-state index in [0.717, 1.165) is 17.5 Å². The Morgan fingerprint density at radius 3 is 1.70 bits per heavy atom. The maximum Gasteiger partial charge on any atom is 0.123 e. The van der Waals surface area contributed by atoms with E-state index in [-0.39, 0.29) is 23.7 Å². The second-order valence-electron chi connectivity index (χ2n) is 4.97. The summed E-state index contributed by atoms with van der Waals surface area (Å²) in [7, 11) is 0. The van der Waals surface area contributed by atoms with Gasteiger partial charge in [0.1, 0.15) is 11.6 Å². The average molecular weight is 277 g/mol.